The monoisotopic (exact) mass is 513 g/mol. The van der Waals surface area contributed by atoms with Crippen molar-refractivity contribution in [2.75, 3.05) is 20.7 Å². The van der Waals surface area contributed by atoms with E-state index in [9.17, 15) is 9.90 Å². The third-order valence-corrected chi connectivity index (χ3v) is 9.25. The Balaban J connectivity index is 1.47. The summed E-state index contributed by atoms with van der Waals surface area (Å²) in [6.45, 7) is 7.21. The number of nitrogens with zero attached hydrogens (tertiary/aromatic N) is 1. The van der Waals surface area contributed by atoms with Gasteiger partial charge in [-0.15, -0.1) is 0 Å². The van der Waals surface area contributed by atoms with E-state index in [1.165, 1.54) is 44.9 Å². The number of rotatable bonds is 12. The average Bonchev–Trinajstić information content (AvgIpc) is 3.25. The van der Waals surface area contributed by atoms with Crippen LogP contribution in [0.4, 0.5) is 0 Å². The van der Waals surface area contributed by atoms with Crippen molar-refractivity contribution in [2.24, 2.45) is 0 Å². The molecule has 3 unspecified atom stereocenters. The Bertz CT molecular complexity index is 990. The summed E-state index contributed by atoms with van der Waals surface area (Å²) >= 11 is 0. The number of fused-ring (bicyclic) bond motifs is 1. The number of likely N-dealkylation sites (tertiary alicyclic amines) is 1. The van der Waals surface area contributed by atoms with Crippen molar-refractivity contribution in [3.63, 3.8) is 0 Å². The predicted octanol–water partition coefficient (Wildman–Crippen LogP) is 6.21. The van der Waals surface area contributed by atoms with Gasteiger partial charge in [-0.25, -0.2) is 0 Å². The molecule has 1 saturated heterocycles. The first-order valence-corrected chi connectivity index (χ1v) is 14.5. The molecule has 206 valence electrons. The summed E-state index contributed by atoms with van der Waals surface area (Å²) in [7, 11) is 3.70. The first-order valence-electron chi connectivity index (χ1n) is 14.5. The molecule has 0 saturated carbocycles. The van der Waals surface area contributed by atoms with E-state index in [1.54, 1.807) is 7.11 Å². The van der Waals surface area contributed by atoms with E-state index >= 15 is 0 Å². The van der Waals surface area contributed by atoms with Crippen LogP contribution >= 0.6 is 0 Å². The van der Waals surface area contributed by atoms with Gasteiger partial charge in [-0.05, 0) is 58.0 Å². The van der Waals surface area contributed by atoms with Gasteiger partial charge in [0.15, 0.2) is 17.6 Å². The summed E-state index contributed by atoms with van der Waals surface area (Å²) in [6.07, 6.45) is 13.7. The number of aliphatic hydroxyl groups is 1. The Morgan fingerprint density at radius 3 is 2.49 bits per heavy atom. The topological polar surface area (TPSA) is 68.2 Å². The lowest BCUT2D eigenvalue weighted by Gasteiger charge is -2.58. The number of likely N-dealkylation sites (N-methyl/N-ethyl adjacent to an activating group) is 1. The highest BCUT2D eigenvalue weighted by Gasteiger charge is 2.69. The van der Waals surface area contributed by atoms with Crippen molar-refractivity contribution in [1.82, 2.24) is 4.90 Å². The minimum atomic E-state index is -1.06. The van der Waals surface area contributed by atoms with Crippen LogP contribution in [0.2, 0.25) is 0 Å². The van der Waals surface area contributed by atoms with Gasteiger partial charge in [0.25, 0.3) is 0 Å². The largest absolute Gasteiger partial charge is 0.493 e. The van der Waals surface area contributed by atoms with Gasteiger partial charge in [-0.1, -0.05) is 64.4 Å². The minimum Gasteiger partial charge on any atom is -0.493 e. The molecule has 1 fully saturated rings. The molecule has 2 heterocycles. The van der Waals surface area contributed by atoms with E-state index in [0.717, 1.165) is 30.5 Å². The number of carbonyl (C=O) groups excluding carboxylic acids is 1. The molecule has 1 N–H and O–H groups in total. The lowest BCUT2D eigenvalue weighted by Crippen LogP contribution is -2.71. The Morgan fingerprint density at radius 1 is 1.14 bits per heavy atom. The van der Waals surface area contributed by atoms with Gasteiger partial charge in [-0.2, -0.15) is 0 Å². The third-order valence-electron chi connectivity index (χ3n) is 9.25. The standard InChI is InChI=1S/C31H47NO5/c1-6-7-8-9-10-11-12-13-14-15-26(33)36-25-18-19-31(34)23(3)32(4)21-20-30(31)27-22(2)16-17-24(35-5)28(27)37-29(25)30/h16-18,23,29,34H,6-15,19-21H2,1-5H3/t23?,29-,30?,31?/m0/s1. The van der Waals surface area contributed by atoms with Crippen molar-refractivity contribution < 1.29 is 24.1 Å². The second-order valence-electron chi connectivity index (χ2n) is 11.5. The van der Waals surface area contributed by atoms with Gasteiger partial charge in [0.1, 0.15) is 5.76 Å². The highest BCUT2D eigenvalue weighted by Crippen LogP contribution is 2.62. The first kappa shape index (κ1) is 28.0. The molecule has 0 radical (unpaired) electrons. The summed E-state index contributed by atoms with van der Waals surface area (Å²) in [5.74, 6) is 1.66. The molecule has 3 aliphatic rings. The van der Waals surface area contributed by atoms with Crippen LogP contribution in [0.25, 0.3) is 0 Å². The van der Waals surface area contributed by atoms with Crippen molar-refractivity contribution in [3.8, 4) is 11.5 Å². The number of hydrogen-bond donors (Lipinski definition) is 1. The lowest BCUT2D eigenvalue weighted by molar-refractivity contribution is -0.162. The maximum atomic E-state index is 12.9. The van der Waals surface area contributed by atoms with Crippen LogP contribution in [0.15, 0.2) is 24.0 Å². The van der Waals surface area contributed by atoms with Crippen LogP contribution in [-0.2, 0) is 14.9 Å². The zero-order valence-electron chi connectivity index (χ0n) is 23.6. The molecule has 1 aromatic carbocycles. The fourth-order valence-electron chi connectivity index (χ4n) is 6.92. The van der Waals surface area contributed by atoms with Crippen LogP contribution in [-0.4, -0.2) is 54.4 Å². The molecule has 2 aliphatic heterocycles. The molecule has 1 aromatic rings. The first-order chi connectivity index (χ1) is 17.8. The van der Waals surface area contributed by atoms with Crippen LogP contribution in [0.1, 0.15) is 102 Å². The number of ether oxygens (including phenoxy) is 3. The average molecular weight is 514 g/mol. The lowest BCUT2D eigenvalue weighted by atomic mass is 9.54. The van der Waals surface area contributed by atoms with Crippen molar-refractivity contribution in [2.45, 2.75) is 121 Å². The zero-order chi connectivity index (χ0) is 26.6. The number of esters is 1. The van der Waals surface area contributed by atoms with Gasteiger partial charge in [0.05, 0.1) is 18.1 Å². The van der Waals surface area contributed by atoms with E-state index in [2.05, 4.69) is 32.7 Å². The third kappa shape index (κ3) is 5.04. The van der Waals surface area contributed by atoms with E-state index in [4.69, 9.17) is 14.2 Å². The smallest absolute Gasteiger partial charge is 0.310 e. The maximum absolute atomic E-state index is 12.9. The molecular weight excluding hydrogens is 466 g/mol. The van der Waals surface area contributed by atoms with Crippen molar-refractivity contribution in [1.29, 1.82) is 0 Å². The second-order valence-corrected chi connectivity index (χ2v) is 11.5. The number of hydrogen-bond acceptors (Lipinski definition) is 6. The number of piperidine rings is 1. The van der Waals surface area contributed by atoms with E-state index < -0.39 is 17.1 Å². The van der Waals surface area contributed by atoms with E-state index in [0.29, 0.717) is 36.5 Å². The van der Waals surface area contributed by atoms with Gasteiger partial charge in [0.2, 0.25) is 0 Å². The molecule has 1 spiro atoms. The molecule has 1 aliphatic carbocycles. The Labute approximate surface area is 223 Å². The zero-order valence-corrected chi connectivity index (χ0v) is 23.6. The quantitative estimate of drug-likeness (QED) is 0.265. The summed E-state index contributed by atoms with van der Waals surface area (Å²) in [5, 5.41) is 12.3. The van der Waals surface area contributed by atoms with E-state index in [1.807, 2.05) is 18.2 Å². The summed E-state index contributed by atoms with van der Waals surface area (Å²) < 4.78 is 18.2. The highest BCUT2D eigenvalue weighted by molar-refractivity contribution is 5.71. The number of carbonyl (C=O) groups is 1. The van der Waals surface area contributed by atoms with Gasteiger partial charge < -0.3 is 24.2 Å². The molecule has 6 nitrogen and oxygen atoms in total. The normalized spacial score (nSPS) is 28.5. The molecule has 0 aromatic heterocycles. The van der Waals surface area contributed by atoms with Gasteiger partial charge in [0, 0.05) is 24.4 Å². The van der Waals surface area contributed by atoms with Crippen LogP contribution in [0.5, 0.6) is 11.5 Å². The number of aryl methyl sites for hydroxylation is 1. The summed E-state index contributed by atoms with van der Waals surface area (Å²) in [6, 6.07) is 3.87. The van der Waals surface area contributed by atoms with Crippen LogP contribution in [0.3, 0.4) is 0 Å². The molecule has 0 bridgehead atoms. The Hall–Kier alpha value is -2.05. The summed E-state index contributed by atoms with van der Waals surface area (Å²) in [4.78, 5) is 15.1. The molecular formula is C31H47NO5. The summed E-state index contributed by atoms with van der Waals surface area (Å²) in [5.41, 5.74) is 0.311. The fraction of sp³-hybridized carbons (Fsp3) is 0.710. The van der Waals surface area contributed by atoms with Crippen LogP contribution < -0.4 is 9.47 Å². The van der Waals surface area contributed by atoms with Gasteiger partial charge in [-0.3, -0.25) is 4.79 Å². The van der Waals surface area contributed by atoms with Crippen LogP contribution in [0, 0.1) is 6.92 Å². The van der Waals surface area contributed by atoms with Crippen molar-refractivity contribution in [3.05, 3.63) is 35.1 Å². The number of methoxy groups -OCH3 is 1. The number of unbranched alkanes of at least 4 members (excludes halogenated alkanes) is 8. The molecule has 4 rings (SSSR count). The number of benzene rings is 1. The molecule has 37 heavy (non-hydrogen) atoms. The fourth-order valence-corrected chi connectivity index (χ4v) is 6.92. The molecule has 0 amide bonds. The highest BCUT2D eigenvalue weighted by atomic mass is 16.6. The second kappa shape index (κ2) is 11.8. The SMILES string of the molecule is CCCCCCCCCCCC(=O)OC1=CCC2(O)C(C)N(C)CCC23c2c(C)ccc(OC)c2O[C@@H]13. The van der Waals surface area contributed by atoms with Gasteiger partial charge >= 0.3 is 5.97 Å². The molecule has 4 atom stereocenters. The minimum absolute atomic E-state index is 0.0839. The Morgan fingerprint density at radius 2 is 1.81 bits per heavy atom. The maximum Gasteiger partial charge on any atom is 0.310 e. The van der Waals surface area contributed by atoms with Crippen molar-refractivity contribution >= 4 is 5.97 Å². The molecule has 6 heteroatoms. The van der Waals surface area contributed by atoms with E-state index in [-0.39, 0.29) is 12.0 Å². The Kier molecular flexibility index (Phi) is 8.90. The predicted molar refractivity (Wildman–Crippen MR) is 146 cm³/mol.